The van der Waals surface area contributed by atoms with Gasteiger partial charge in [-0.05, 0) is 24.8 Å². The fourth-order valence-electron chi connectivity index (χ4n) is 1.56. The molecule has 76 valence electrons. The molecule has 1 aromatic heterocycles. The summed E-state index contributed by atoms with van der Waals surface area (Å²) >= 11 is 0. The molecular formula is C10H15N3O. The van der Waals surface area contributed by atoms with Crippen molar-refractivity contribution in [3.63, 3.8) is 0 Å². The summed E-state index contributed by atoms with van der Waals surface area (Å²) in [6.07, 6.45) is 4.29. The Hall–Kier alpha value is -1.16. The van der Waals surface area contributed by atoms with Crippen molar-refractivity contribution in [1.29, 1.82) is 0 Å². The number of ether oxygens (including phenoxy) is 1. The predicted octanol–water partition coefficient (Wildman–Crippen LogP) is 1.62. The van der Waals surface area contributed by atoms with E-state index in [-0.39, 0.29) is 6.10 Å². The number of anilines is 1. The molecule has 2 rings (SSSR count). The zero-order valence-corrected chi connectivity index (χ0v) is 8.53. The molecule has 1 atom stereocenters. The quantitative estimate of drug-likeness (QED) is 0.789. The third kappa shape index (κ3) is 1.85. The van der Waals surface area contributed by atoms with Gasteiger partial charge in [0.25, 0.3) is 0 Å². The Bertz CT molecular complexity index is 312. The smallest absolute Gasteiger partial charge is 0.159 e. The van der Waals surface area contributed by atoms with Gasteiger partial charge in [0.05, 0.1) is 0 Å². The molecule has 0 aliphatic heterocycles. The molecule has 1 aliphatic carbocycles. The van der Waals surface area contributed by atoms with Crippen molar-refractivity contribution in [3.8, 4) is 0 Å². The lowest BCUT2D eigenvalue weighted by molar-refractivity contribution is 0.0773. The third-order valence-electron chi connectivity index (χ3n) is 2.49. The van der Waals surface area contributed by atoms with Crippen LogP contribution in [-0.4, -0.2) is 24.1 Å². The predicted molar refractivity (Wildman–Crippen MR) is 54.1 cm³/mol. The van der Waals surface area contributed by atoms with Crippen LogP contribution in [0.2, 0.25) is 0 Å². The Balaban J connectivity index is 2.20. The van der Waals surface area contributed by atoms with Gasteiger partial charge in [0.1, 0.15) is 11.9 Å². The molecule has 1 N–H and O–H groups in total. The minimum Gasteiger partial charge on any atom is -0.373 e. The summed E-state index contributed by atoms with van der Waals surface area (Å²) in [5.74, 6) is 2.26. The molecule has 0 bridgehead atoms. The molecule has 0 radical (unpaired) electrons. The van der Waals surface area contributed by atoms with Crippen LogP contribution >= 0.6 is 0 Å². The fraction of sp³-hybridized carbons (Fsp3) is 0.600. The van der Waals surface area contributed by atoms with Crippen molar-refractivity contribution < 1.29 is 4.74 Å². The van der Waals surface area contributed by atoms with E-state index in [0.29, 0.717) is 5.92 Å². The van der Waals surface area contributed by atoms with E-state index >= 15 is 0 Å². The van der Waals surface area contributed by atoms with Crippen LogP contribution in [0.15, 0.2) is 12.3 Å². The average molecular weight is 193 g/mol. The summed E-state index contributed by atoms with van der Waals surface area (Å²) in [5.41, 5.74) is 0. The molecule has 1 heterocycles. The van der Waals surface area contributed by atoms with Crippen molar-refractivity contribution in [2.24, 2.45) is 5.92 Å². The first kappa shape index (κ1) is 9.40. The highest BCUT2D eigenvalue weighted by molar-refractivity contribution is 5.32. The molecule has 1 fully saturated rings. The van der Waals surface area contributed by atoms with Crippen molar-refractivity contribution in [1.82, 2.24) is 9.97 Å². The lowest BCUT2D eigenvalue weighted by atomic mass is 10.2. The number of nitrogens with zero attached hydrogens (tertiary/aromatic N) is 2. The molecule has 1 saturated carbocycles. The lowest BCUT2D eigenvalue weighted by Gasteiger charge is -2.13. The summed E-state index contributed by atoms with van der Waals surface area (Å²) in [5, 5.41) is 3.00. The molecule has 0 amide bonds. The second-order valence-corrected chi connectivity index (χ2v) is 3.54. The monoisotopic (exact) mass is 193 g/mol. The zero-order valence-electron chi connectivity index (χ0n) is 8.53. The number of hydrogen-bond donors (Lipinski definition) is 1. The van der Waals surface area contributed by atoms with E-state index in [2.05, 4.69) is 15.3 Å². The fourth-order valence-corrected chi connectivity index (χ4v) is 1.56. The molecule has 0 saturated heterocycles. The van der Waals surface area contributed by atoms with Crippen LogP contribution in [0.4, 0.5) is 5.82 Å². The summed E-state index contributed by atoms with van der Waals surface area (Å²) < 4.78 is 5.41. The van der Waals surface area contributed by atoms with E-state index in [1.165, 1.54) is 12.8 Å². The largest absolute Gasteiger partial charge is 0.373 e. The number of nitrogens with one attached hydrogen (secondary N) is 1. The van der Waals surface area contributed by atoms with Crippen LogP contribution in [0.5, 0.6) is 0 Å². The Kier molecular flexibility index (Phi) is 2.63. The summed E-state index contributed by atoms with van der Waals surface area (Å²) in [6, 6.07) is 1.85. The molecule has 4 heteroatoms. The summed E-state index contributed by atoms with van der Waals surface area (Å²) in [6.45, 7) is 0. The van der Waals surface area contributed by atoms with Crippen molar-refractivity contribution >= 4 is 5.82 Å². The third-order valence-corrected chi connectivity index (χ3v) is 2.49. The van der Waals surface area contributed by atoms with Gasteiger partial charge in [-0.15, -0.1) is 0 Å². The normalized spacial score (nSPS) is 17.9. The first-order chi connectivity index (χ1) is 6.85. The number of hydrogen-bond acceptors (Lipinski definition) is 4. The van der Waals surface area contributed by atoms with Crippen molar-refractivity contribution in [3.05, 3.63) is 18.1 Å². The SMILES string of the molecule is CNc1ccnc(C(OC)C2CC2)n1. The summed E-state index contributed by atoms with van der Waals surface area (Å²) in [4.78, 5) is 8.62. The van der Waals surface area contributed by atoms with Crippen molar-refractivity contribution in [2.45, 2.75) is 18.9 Å². The van der Waals surface area contributed by atoms with Gasteiger partial charge in [0.15, 0.2) is 5.82 Å². The molecule has 4 nitrogen and oxygen atoms in total. The molecule has 0 spiro atoms. The molecule has 14 heavy (non-hydrogen) atoms. The van der Waals surface area contributed by atoms with Gasteiger partial charge in [0, 0.05) is 20.4 Å². The van der Waals surface area contributed by atoms with E-state index in [0.717, 1.165) is 11.6 Å². The summed E-state index contributed by atoms with van der Waals surface area (Å²) in [7, 11) is 3.57. The number of methoxy groups -OCH3 is 1. The van der Waals surface area contributed by atoms with E-state index in [1.807, 2.05) is 13.1 Å². The second-order valence-electron chi connectivity index (χ2n) is 3.54. The second kappa shape index (κ2) is 3.92. The minimum absolute atomic E-state index is 0.0725. The Morgan fingerprint density at radius 3 is 2.93 bits per heavy atom. The van der Waals surface area contributed by atoms with Gasteiger partial charge >= 0.3 is 0 Å². The highest BCUT2D eigenvalue weighted by atomic mass is 16.5. The van der Waals surface area contributed by atoms with Crippen LogP contribution < -0.4 is 5.32 Å². The standard InChI is InChI=1S/C10H15N3O/c1-11-8-5-6-12-10(13-8)9(14-2)7-3-4-7/h5-7,9H,3-4H2,1-2H3,(H,11,12,13). The molecule has 1 unspecified atom stereocenters. The average Bonchev–Trinajstić information content (AvgIpc) is 3.04. The maximum absolute atomic E-state index is 5.41. The van der Waals surface area contributed by atoms with Crippen LogP contribution in [0.1, 0.15) is 24.8 Å². The first-order valence-electron chi connectivity index (χ1n) is 4.88. The maximum Gasteiger partial charge on any atom is 0.159 e. The van der Waals surface area contributed by atoms with Gasteiger partial charge < -0.3 is 10.1 Å². The first-order valence-corrected chi connectivity index (χ1v) is 4.88. The number of rotatable bonds is 4. The van der Waals surface area contributed by atoms with Gasteiger partial charge in [-0.1, -0.05) is 0 Å². The van der Waals surface area contributed by atoms with Gasteiger partial charge in [-0.2, -0.15) is 0 Å². The highest BCUT2D eigenvalue weighted by Gasteiger charge is 2.34. The van der Waals surface area contributed by atoms with Crippen LogP contribution in [-0.2, 0) is 4.74 Å². The van der Waals surface area contributed by atoms with E-state index in [1.54, 1.807) is 13.3 Å². The van der Waals surface area contributed by atoms with Gasteiger partial charge in [-0.25, -0.2) is 9.97 Å². The Morgan fingerprint density at radius 2 is 2.36 bits per heavy atom. The van der Waals surface area contributed by atoms with Gasteiger partial charge in [0.2, 0.25) is 0 Å². The van der Waals surface area contributed by atoms with E-state index in [9.17, 15) is 0 Å². The molecular weight excluding hydrogens is 178 g/mol. The van der Waals surface area contributed by atoms with Gasteiger partial charge in [-0.3, -0.25) is 0 Å². The lowest BCUT2D eigenvalue weighted by Crippen LogP contribution is -2.09. The van der Waals surface area contributed by atoms with E-state index < -0.39 is 0 Å². The Labute approximate surface area is 83.7 Å². The molecule has 1 aromatic rings. The van der Waals surface area contributed by atoms with E-state index in [4.69, 9.17) is 4.74 Å². The molecule has 1 aliphatic rings. The van der Waals surface area contributed by atoms with Crippen LogP contribution in [0.25, 0.3) is 0 Å². The Morgan fingerprint density at radius 1 is 1.57 bits per heavy atom. The highest BCUT2D eigenvalue weighted by Crippen LogP contribution is 2.41. The molecule has 0 aromatic carbocycles. The topological polar surface area (TPSA) is 47.0 Å². The minimum atomic E-state index is 0.0725. The maximum atomic E-state index is 5.41. The van der Waals surface area contributed by atoms with Crippen LogP contribution in [0.3, 0.4) is 0 Å². The zero-order chi connectivity index (χ0) is 9.97. The number of aromatic nitrogens is 2. The van der Waals surface area contributed by atoms with Crippen LogP contribution in [0, 0.1) is 5.92 Å². The van der Waals surface area contributed by atoms with Crippen molar-refractivity contribution in [2.75, 3.05) is 19.5 Å².